The van der Waals surface area contributed by atoms with Gasteiger partial charge >= 0.3 is 6.29 Å². The van der Waals surface area contributed by atoms with Crippen molar-refractivity contribution >= 4 is 34.2 Å². The van der Waals surface area contributed by atoms with E-state index < -0.39 is 24.3 Å². The topological polar surface area (TPSA) is 96.0 Å². The Balaban J connectivity index is 1.51. The molecule has 36 heavy (non-hydrogen) atoms. The molecule has 12 heteroatoms. The Morgan fingerprint density at radius 1 is 1.17 bits per heavy atom. The highest BCUT2D eigenvalue weighted by atomic mass is 35.5. The van der Waals surface area contributed by atoms with Crippen molar-refractivity contribution in [1.29, 1.82) is 0 Å². The fraction of sp³-hybridized carbons (Fsp3) is 0.208. The second-order valence-electron chi connectivity index (χ2n) is 7.79. The van der Waals surface area contributed by atoms with Crippen molar-refractivity contribution < 1.29 is 32.2 Å². The maximum absolute atomic E-state index is 13.4. The van der Waals surface area contributed by atoms with E-state index in [2.05, 4.69) is 14.6 Å². The molecule has 3 heterocycles. The predicted molar refractivity (Wildman–Crippen MR) is 126 cm³/mol. The zero-order chi connectivity index (χ0) is 25.6. The highest BCUT2D eigenvalue weighted by Gasteiger charge is 2.43. The first-order chi connectivity index (χ1) is 17.2. The monoisotopic (exact) mass is 517 g/mol. The Labute approximate surface area is 207 Å². The molecule has 4 aromatic rings. The number of amides is 1. The molecule has 0 saturated heterocycles. The van der Waals surface area contributed by atoms with E-state index in [9.17, 15) is 18.4 Å². The minimum absolute atomic E-state index is 0.142. The molecule has 0 unspecified atom stereocenters. The molecule has 2 aromatic heterocycles. The minimum atomic E-state index is -3.78. The van der Waals surface area contributed by atoms with E-state index in [1.54, 1.807) is 25.1 Å². The summed E-state index contributed by atoms with van der Waals surface area (Å²) in [5, 5.41) is 4.99. The molecular formula is C24H18ClF2N3O6. The van der Waals surface area contributed by atoms with E-state index in [-0.39, 0.29) is 34.7 Å². The van der Waals surface area contributed by atoms with E-state index in [1.807, 2.05) is 0 Å². The van der Waals surface area contributed by atoms with Crippen molar-refractivity contribution in [2.45, 2.75) is 19.8 Å². The molecule has 0 aliphatic carbocycles. The Morgan fingerprint density at radius 2 is 1.94 bits per heavy atom. The average Bonchev–Trinajstić information content (AvgIpc) is 3.44. The summed E-state index contributed by atoms with van der Waals surface area (Å²) in [7, 11) is 1.49. The molecule has 0 atom stereocenters. The number of benzene rings is 2. The van der Waals surface area contributed by atoms with Crippen molar-refractivity contribution in [3.05, 3.63) is 64.1 Å². The number of rotatable bonds is 6. The molecule has 0 saturated carbocycles. The van der Waals surface area contributed by atoms with Gasteiger partial charge in [-0.3, -0.25) is 9.59 Å². The summed E-state index contributed by atoms with van der Waals surface area (Å²) in [6, 6.07) is 10.4. The van der Waals surface area contributed by atoms with Crippen LogP contribution in [0.25, 0.3) is 22.2 Å². The smallest absolute Gasteiger partial charge is 0.497 e. The van der Waals surface area contributed by atoms with Crippen LogP contribution in [0, 0.1) is 0 Å². The summed E-state index contributed by atoms with van der Waals surface area (Å²) in [6.45, 7) is 1.47. The highest BCUT2D eigenvalue weighted by Crippen LogP contribution is 2.43. The maximum Gasteiger partial charge on any atom is 0.586 e. The van der Waals surface area contributed by atoms with Crippen LogP contribution in [-0.2, 0) is 11.3 Å². The molecule has 0 spiro atoms. The summed E-state index contributed by atoms with van der Waals surface area (Å²) in [5.41, 5.74) is 0.796. The molecule has 0 fully saturated rings. The van der Waals surface area contributed by atoms with E-state index in [0.717, 1.165) is 4.68 Å². The molecule has 186 valence electrons. The van der Waals surface area contributed by atoms with Crippen LogP contribution in [-0.4, -0.2) is 35.6 Å². The summed E-state index contributed by atoms with van der Waals surface area (Å²) < 4.78 is 47.5. The SMILES string of the molecule is CCN(C(=O)Cn1nc(-c2cc(Cl)cc(OC)c2)c2occc2c1=O)c1ccc2c(c1)OC(F)(F)O2. The summed E-state index contributed by atoms with van der Waals surface area (Å²) in [4.78, 5) is 27.6. The Hall–Kier alpha value is -4.12. The van der Waals surface area contributed by atoms with Crippen molar-refractivity contribution in [1.82, 2.24) is 9.78 Å². The molecule has 0 radical (unpaired) electrons. The van der Waals surface area contributed by atoms with Crippen LogP contribution >= 0.6 is 11.6 Å². The van der Waals surface area contributed by atoms with Crippen LogP contribution < -0.4 is 24.7 Å². The van der Waals surface area contributed by atoms with Gasteiger partial charge in [0.15, 0.2) is 17.1 Å². The largest absolute Gasteiger partial charge is 0.586 e. The van der Waals surface area contributed by atoms with Gasteiger partial charge in [-0.25, -0.2) is 4.68 Å². The first kappa shape index (κ1) is 23.6. The fourth-order valence-corrected chi connectivity index (χ4v) is 4.17. The number of ether oxygens (including phenoxy) is 3. The lowest BCUT2D eigenvalue weighted by Crippen LogP contribution is -2.37. The number of methoxy groups -OCH3 is 1. The van der Waals surface area contributed by atoms with Gasteiger partial charge < -0.3 is 23.5 Å². The maximum atomic E-state index is 13.4. The summed E-state index contributed by atoms with van der Waals surface area (Å²) >= 11 is 6.21. The van der Waals surface area contributed by atoms with Gasteiger partial charge in [-0.2, -0.15) is 5.10 Å². The van der Waals surface area contributed by atoms with Crippen molar-refractivity contribution in [2.24, 2.45) is 0 Å². The molecule has 1 aliphatic rings. The van der Waals surface area contributed by atoms with Gasteiger partial charge in [-0.15, -0.1) is 8.78 Å². The van der Waals surface area contributed by atoms with E-state index in [1.165, 1.54) is 42.5 Å². The molecule has 0 N–H and O–H groups in total. The zero-order valence-electron chi connectivity index (χ0n) is 19.0. The van der Waals surface area contributed by atoms with Crippen LogP contribution in [0.3, 0.4) is 0 Å². The number of furan rings is 1. The highest BCUT2D eigenvalue weighted by molar-refractivity contribution is 6.31. The van der Waals surface area contributed by atoms with Crippen LogP contribution in [0.15, 0.2) is 57.9 Å². The van der Waals surface area contributed by atoms with Gasteiger partial charge in [0.05, 0.1) is 18.8 Å². The normalized spacial score (nSPS) is 13.7. The summed E-state index contributed by atoms with van der Waals surface area (Å²) in [6.07, 6.45) is -2.43. The molecule has 1 amide bonds. The zero-order valence-corrected chi connectivity index (χ0v) is 19.7. The number of hydrogen-bond donors (Lipinski definition) is 0. The number of nitrogens with zero attached hydrogens (tertiary/aromatic N) is 3. The lowest BCUT2D eigenvalue weighted by atomic mass is 10.1. The predicted octanol–water partition coefficient (Wildman–Crippen LogP) is 4.69. The Bertz CT molecular complexity index is 1550. The number of likely N-dealkylation sites (N-methyl/N-ethyl adjacent to an activating group) is 1. The standard InChI is InChI=1S/C24H18ClF2N3O6/c1-3-29(15-4-5-18-19(11-15)36-24(26,27)35-18)20(31)12-30-23(32)17-6-7-34-22(17)21(28-30)13-8-14(25)10-16(9-13)33-2/h4-11H,3,12H2,1-2H3. The lowest BCUT2D eigenvalue weighted by Gasteiger charge is -2.21. The second kappa shape index (κ2) is 8.83. The fourth-order valence-electron chi connectivity index (χ4n) is 3.95. The molecule has 5 rings (SSSR count). The minimum Gasteiger partial charge on any atom is -0.497 e. The first-order valence-electron chi connectivity index (χ1n) is 10.7. The lowest BCUT2D eigenvalue weighted by molar-refractivity contribution is -0.286. The number of fused-ring (bicyclic) bond motifs is 2. The first-order valence-corrected chi connectivity index (χ1v) is 11.1. The second-order valence-corrected chi connectivity index (χ2v) is 8.23. The van der Waals surface area contributed by atoms with Crippen LogP contribution in [0.2, 0.25) is 5.02 Å². The third-order valence-electron chi connectivity index (χ3n) is 5.55. The average molecular weight is 518 g/mol. The molecule has 0 bridgehead atoms. The number of carbonyl (C=O) groups excluding carboxylic acids is 1. The number of halogens is 3. The van der Waals surface area contributed by atoms with Crippen molar-refractivity contribution in [3.8, 4) is 28.5 Å². The molecular weight excluding hydrogens is 500 g/mol. The third-order valence-corrected chi connectivity index (χ3v) is 5.76. The molecule has 1 aliphatic heterocycles. The molecule has 9 nitrogen and oxygen atoms in total. The van der Waals surface area contributed by atoms with Crippen molar-refractivity contribution in [3.63, 3.8) is 0 Å². The van der Waals surface area contributed by atoms with Crippen LogP contribution in [0.4, 0.5) is 14.5 Å². The number of carbonyl (C=O) groups is 1. The quantitative estimate of drug-likeness (QED) is 0.366. The van der Waals surface area contributed by atoms with Gasteiger partial charge in [0.2, 0.25) is 5.91 Å². The van der Waals surface area contributed by atoms with Gasteiger partial charge in [0, 0.05) is 28.9 Å². The number of anilines is 1. The van der Waals surface area contributed by atoms with E-state index >= 15 is 0 Å². The van der Waals surface area contributed by atoms with E-state index in [0.29, 0.717) is 22.0 Å². The van der Waals surface area contributed by atoms with Gasteiger partial charge in [0.25, 0.3) is 5.56 Å². The third kappa shape index (κ3) is 4.22. The van der Waals surface area contributed by atoms with Crippen LogP contribution in [0.1, 0.15) is 6.92 Å². The summed E-state index contributed by atoms with van der Waals surface area (Å²) in [5.74, 6) is -0.373. The van der Waals surface area contributed by atoms with Crippen molar-refractivity contribution in [2.75, 3.05) is 18.6 Å². The van der Waals surface area contributed by atoms with Gasteiger partial charge in [0.1, 0.15) is 18.0 Å². The van der Waals surface area contributed by atoms with Crippen LogP contribution in [0.5, 0.6) is 17.2 Å². The number of alkyl halides is 2. The Kier molecular flexibility index (Phi) is 5.79. The van der Waals surface area contributed by atoms with Gasteiger partial charge in [-0.1, -0.05) is 11.6 Å². The van der Waals surface area contributed by atoms with Gasteiger partial charge in [-0.05, 0) is 43.3 Å². The number of aromatic nitrogens is 2. The number of hydrogen-bond acceptors (Lipinski definition) is 7. The molecule has 2 aromatic carbocycles. The Morgan fingerprint density at radius 3 is 2.69 bits per heavy atom. The van der Waals surface area contributed by atoms with E-state index in [4.69, 9.17) is 20.8 Å².